The molecule has 1 saturated heterocycles. The minimum Gasteiger partial charge on any atom is -0.392 e. The van der Waals surface area contributed by atoms with E-state index in [-0.39, 0.29) is 12.6 Å². The van der Waals surface area contributed by atoms with E-state index in [9.17, 15) is 10.2 Å². The smallest absolute Gasteiger partial charge is 0.101 e. The first kappa shape index (κ1) is 24.0. The highest BCUT2D eigenvalue weighted by Crippen LogP contribution is 2.37. The molecule has 1 aromatic heterocycles. The van der Waals surface area contributed by atoms with Gasteiger partial charge in [-0.25, -0.2) is 0 Å². The van der Waals surface area contributed by atoms with E-state index in [0.717, 1.165) is 47.7 Å². The zero-order chi connectivity index (χ0) is 23.6. The molecule has 0 unspecified atom stereocenters. The second kappa shape index (κ2) is 10.00. The largest absolute Gasteiger partial charge is 0.392 e. The Morgan fingerprint density at radius 3 is 2.45 bits per heavy atom. The summed E-state index contributed by atoms with van der Waals surface area (Å²) in [6, 6.07) is 17.5. The maximum atomic E-state index is 11.2. The number of hydrogen-bond acceptors (Lipinski definition) is 5. The van der Waals surface area contributed by atoms with Crippen LogP contribution in [-0.4, -0.2) is 46.3 Å². The average molecular weight is 486 g/mol. The summed E-state index contributed by atoms with van der Waals surface area (Å²) >= 11 is 12.8. The average Bonchev–Trinajstić information content (AvgIpc) is 2.80. The minimum absolute atomic E-state index is 0.0282. The fourth-order valence-corrected chi connectivity index (χ4v) is 4.87. The monoisotopic (exact) mass is 485 g/mol. The maximum Gasteiger partial charge on any atom is 0.101 e. The highest BCUT2D eigenvalue weighted by Gasteiger charge is 2.34. The van der Waals surface area contributed by atoms with Gasteiger partial charge >= 0.3 is 0 Å². The van der Waals surface area contributed by atoms with Gasteiger partial charge in [0, 0.05) is 48.7 Å². The first-order valence-electron chi connectivity index (χ1n) is 11.1. The lowest BCUT2D eigenvalue weighted by Crippen LogP contribution is -2.52. The van der Waals surface area contributed by atoms with Crippen molar-refractivity contribution in [1.82, 2.24) is 9.88 Å². The number of aryl methyl sites for hydroxylation is 1. The van der Waals surface area contributed by atoms with Crippen LogP contribution in [0.2, 0.25) is 10.0 Å². The molecule has 1 aliphatic heterocycles. The van der Waals surface area contributed by atoms with Crippen LogP contribution in [0.3, 0.4) is 0 Å². The van der Waals surface area contributed by atoms with Gasteiger partial charge in [-0.1, -0.05) is 47.5 Å². The zero-order valence-electron chi connectivity index (χ0n) is 18.9. The number of rotatable bonds is 6. The normalized spacial score (nSPS) is 18.8. The maximum absolute atomic E-state index is 11.2. The van der Waals surface area contributed by atoms with Gasteiger partial charge in [-0.2, -0.15) is 0 Å². The van der Waals surface area contributed by atoms with Crippen LogP contribution >= 0.6 is 23.2 Å². The number of anilines is 1. The third kappa shape index (κ3) is 5.51. The number of benzene rings is 2. The third-order valence-electron chi connectivity index (χ3n) is 6.29. The Morgan fingerprint density at radius 2 is 1.82 bits per heavy atom. The summed E-state index contributed by atoms with van der Waals surface area (Å²) in [4.78, 5) is 8.93. The third-order valence-corrected chi connectivity index (χ3v) is 6.84. The minimum atomic E-state index is -1.02. The fraction of sp³-hybridized carbons (Fsp3) is 0.346. The molecule has 0 spiro atoms. The predicted molar refractivity (Wildman–Crippen MR) is 134 cm³/mol. The van der Waals surface area contributed by atoms with E-state index in [4.69, 9.17) is 23.2 Å². The van der Waals surface area contributed by atoms with Crippen LogP contribution in [0.5, 0.6) is 0 Å². The highest BCUT2D eigenvalue weighted by atomic mass is 35.5. The van der Waals surface area contributed by atoms with E-state index in [1.54, 1.807) is 6.20 Å². The van der Waals surface area contributed by atoms with Gasteiger partial charge < -0.3 is 15.1 Å². The molecule has 0 aliphatic carbocycles. The molecule has 0 bridgehead atoms. The van der Waals surface area contributed by atoms with Gasteiger partial charge in [0.1, 0.15) is 5.60 Å². The first-order chi connectivity index (χ1) is 15.8. The summed E-state index contributed by atoms with van der Waals surface area (Å²) in [6.45, 7) is 6.46. The van der Waals surface area contributed by atoms with Gasteiger partial charge in [-0.3, -0.25) is 9.88 Å². The number of hydrogen-bond donors (Lipinski definition) is 2. The van der Waals surface area contributed by atoms with Crippen molar-refractivity contribution in [3.05, 3.63) is 93.2 Å². The van der Waals surface area contributed by atoms with Crippen LogP contribution in [0.4, 0.5) is 5.69 Å². The number of halogens is 2. The number of piperazine rings is 1. The van der Waals surface area contributed by atoms with Crippen molar-refractivity contribution in [3.63, 3.8) is 0 Å². The van der Waals surface area contributed by atoms with Crippen molar-refractivity contribution in [3.8, 4) is 0 Å². The molecule has 0 amide bonds. The van der Waals surface area contributed by atoms with Crippen LogP contribution in [0.15, 0.2) is 60.8 Å². The van der Waals surface area contributed by atoms with Crippen molar-refractivity contribution in [2.45, 2.75) is 32.1 Å². The van der Waals surface area contributed by atoms with Gasteiger partial charge in [-0.15, -0.1) is 0 Å². The second-order valence-electron chi connectivity index (χ2n) is 8.90. The molecule has 1 aliphatic rings. The Bertz CT molecular complexity index is 1090. The van der Waals surface area contributed by atoms with Crippen LogP contribution in [0.25, 0.3) is 0 Å². The molecule has 0 radical (unpaired) electrons. The predicted octanol–water partition coefficient (Wildman–Crippen LogP) is 4.96. The number of aliphatic hydroxyl groups excluding tert-OH is 1. The molecule has 7 heteroatoms. The molecule has 1 fully saturated rings. The lowest BCUT2D eigenvalue weighted by molar-refractivity contribution is 0.0100. The zero-order valence-corrected chi connectivity index (χ0v) is 20.4. The van der Waals surface area contributed by atoms with Crippen LogP contribution in [0.1, 0.15) is 35.3 Å². The number of aliphatic hydroxyl groups is 2. The van der Waals surface area contributed by atoms with E-state index in [0.29, 0.717) is 16.6 Å². The summed E-state index contributed by atoms with van der Waals surface area (Å²) in [5.41, 5.74) is 3.56. The van der Waals surface area contributed by atoms with Crippen molar-refractivity contribution in [1.29, 1.82) is 0 Å². The van der Waals surface area contributed by atoms with Gasteiger partial charge in [0.15, 0.2) is 0 Å². The summed E-state index contributed by atoms with van der Waals surface area (Å²) < 4.78 is 0. The van der Waals surface area contributed by atoms with Crippen molar-refractivity contribution >= 4 is 28.9 Å². The summed E-state index contributed by atoms with van der Waals surface area (Å²) in [6.07, 6.45) is 1.75. The standard InChI is InChI=1S/C26H29Cl2N3O2/c1-18-3-7-21(14-29-18)26(2,33)17-30-11-12-31(24-10-4-19(16-32)13-23(24)28)25(15-30)20-5-8-22(27)9-6-20/h3-10,13-14,25,32-33H,11-12,15-17H2,1-2H3/t25-,26-/m1/s1. The second-order valence-corrected chi connectivity index (χ2v) is 9.75. The molecule has 2 N–H and O–H groups in total. The summed E-state index contributed by atoms with van der Waals surface area (Å²) in [5, 5.41) is 22.0. The molecule has 2 heterocycles. The SMILES string of the molecule is Cc1ccc([C@](C)(O)CN2CCN(c3ccc(CO)cc3Cl)[C@@H](c3ccc(Cl)cc3)C2)cn1. The van der Waals surface area contributed by atoms with E-state index in [2.05, 4.69) is 14.8 Å². The topological polar surface area (TPSA) is 59.8 Å². The van der Waals surface area contributed by atoms with Crippen LogP contribution in [-0.2, 0) is 12.2 Å². The lowest BCUT2D eigenvalue weighted by Gasteiger charge is -2.45. The molecule has 2 atom stereocenters. The fourth-order valence-electron chi connectivity index (χ4n) is 4.44. The van der Waals surface area contributed by atoms with Gasteiger partial charge in [0.25, 0.3) is 0 Å². The van der Waals surface area contributed by atoms with E-state index < -0.39 is 5.60 Å². The van der Waals surface area contributed by atoms with Gasteiger partial charge in [0.05, 0.1) is 23.4 Å². The molecule has 33 heavy (non-hydrogen) atoms. The molecule has 3 aromatic rings. The van der Waals surface area contributed by atoms with E-state index in [1.165, 1.54) is 0 Å². The van der Waals surface area contributed by atoms with Crippen LogP contribution in [0, 0.1) is 6.92 Å². The molecule has 2 aromatic carbocycles. The number of nitrogens with zero attached hydrogens (tertiary/aromatic N) is 3. The molecule has 5 nitrogen and oxygen atoms in total. The lowest BCUT2D eigenvalue weighted by atomic mass is 9.95. The molecule has 4 rings (SSSR count). The first-order valence-corrected chi connectivity index (χ1v) is 11.8. The molecule has 0 saturated carbocycles. The Labute approximate surface area is 205 Å². The summed E-state index contributed by atoms with van der Waals surface area (Å²) in [7, 11) is 0. The molecule has 174 valence electrons. The van der Waals surface area contributed by atoms with Crippen LogP contribution < -0.4 is 4.90 Å². The van der Waals surface area contributed by atoms with Crippen molar-refractivity contribution < 1.29 is 10.2 Å². The Morgan fingerprint density at radius 1 is 1.06 bits per heavy atom. The van der Waals surface area contributed by atoms with Crippen molar-refractivity contribution in [2.24, 2.45) is 0 Å². The quantitative estimate of drug-likeness (QED) is 0.516. The van der Waals surface area contributed by atoms with Gasteiger partial charge in [-0.05, 0) is 55.3 Å². The molecular formula is C26H29Cl2N3O2. The van der Waals surface area contributed by atoms with Crippen molar-refractivity contribution in [2.75, 3.05) is 31.1 Å². The van der Waals surface area contributed by atoms with Gasteiger partial charge in [0.2, 0.25) is 0 Å². The molecular weight excluding hydrogens is 457 g/mol. The number of aromatic nitrogens is 1. The van der Waals surface area contributed by atoms with E-state index in [1.807, 2.05) is 68.4 Å². The Balaban J connectivity index is 1.61. The summed E-state index contributed by atoms with van der Waals surface area (Å²) in [5.74, 6) is 0. The highest BCUT2D eigenvalue weighted by molar-refractivity contribution is 6.33. The van der Waals surface area contributed by atoms with E-state index >= 15 is 0 Å². The Kier molecular flexibility index (Phi) is 7.27. The number of pyridine rings is 1. The number of β-amino-alcohol motifs (C(OH)–C–C–N with tert-alkyl or cyclic N) is 1. The Hall–Kier alpha value is -2.15.